The largest absolute Gasteiger partial charge is 0.381 e. The lowest BCUT2D eigenvalue weighted by Crippen LogP contribution is -2.30. The Morgan fingerprint density at radius 3 is 2.34 bits per heavy atom. The Bertz CT molecular complexity index is 1000. The number of carbonyl (C=O) groups excluding carboxylic acids is 1. The van der Waals surface area contributed by atoms with Crippen LogP contribution in [0.4, 0.5) is 0 Å². The van der Waals surface area contributed by atoms with Gasteiger partial charge in [-0.15, -0.1) is 0 Å². The summed E-state index contributed by atoms with van der Waals surface area (Å²) in [6.07, 6.45) is 6.98. The van der Waals surface area contributed by atoms with E-state index in [1.165, 1.54) is 31.5 Å². The molecule has 1 aliphatic rings. The molecule has 29 heavy (non-hydrogen) atoms. The molecule has 0 radical (unpaired) electrons. The van der Waals surface area contributed by atoms with Crippen molar-refractivity contribution in [3.8, 4) is 16.9 Å². The maximum atomic E-state index is 12.4. The topological polar surface area (TPSA) is 100 Å². The highest BCUT2D eigenvalue weighted by molar-refractivity contribution is 6.30. The minimum Gasteiger partial charge on any atom is -0.381 e. The second-order valence-corrected chi connectivity index (χ2v) is 6.85. The Balaban J connectivity index is 0.000000343. The lowest BCUT2D eigenvalue weighted by Gasteiger charge is -2.09. The van der Waals surface area contributed by atoms with Crippen molar-refractivity contribution in [2.24, 2.45) is 5.73 Å². The molecule has 8 heteroatoms. The van der Waals surface area contributed by atoms with Gasteiger partial charge in [0.2, 0.25) is 0 Å². The molecule has 0 unspecified atom stereocenters. The van der Waals surface area contributed by atoms with E-state index in [4.69, 9.17) is 22.1 Å². The van der Waals surface area contributed by atoms with Gasteiger partial charge >= 0.3 is 0 Å². The first-order chi connectivity index (χ1) is 14.1. The van der Waals surface area contributed by atoms with Crippen LogP contribution in [0.3, 0.4) is 0 Å². The molecule has 1 aliphatic heterocycles. The number of ether oxygens (including phenoxy) is 1. The summed E-state index contributed by atoms with van der Waals surface area (Å²) in [7, 11) is 0. The molecule has 2 aromatic heterocycles. The highest BCUT2D eigenvalue weighted by atomic mass is 35.5. The minimum atomic E-state index is -0.815. The molecule has 1 amide bonds. The van der Waals surface area contributed by atoms with Gasteiger partial charge in [-0.2, -0.15) is 9.78 Å². The average Bonchev–Trinajstić information content (AvgIpc) is 2.76. The fraction of sp³-hybridized carbons (Fsp3) is 0.238. The number of nitrogens with two attached hydrogens (primary N) is 1. The van der Waals surface area contributed by atoms with Gasteiger partial charge in [-0.05, 0) is 49.6 Å². The van der Waals surface area contributed by atoms with Gasteiger partial charge in [-0.1, -0.05) is 23.7 Å². The van der Waals surface area contributed by atoms with Gasteiger partial charge in [-0.25, -0.2) is 0 Å². The predicted molar refractivity (Wildman–Crippen MR) is 111 cm³/mol. The normalized spacial score (nSPS) is 13.3. The van der Waals surface area contributed by atoms with E-state index >= 15 is 0 Å². The Morgan fingerprint density at radius 1 is 1.10 bits per heavy atom. The number of carbonyl (C=O) groups is 1. The lowest BCUT2D eigenvalue weighted by molar-refractivity contribution is 0.0968. The number of benzene rings is 1. The molecule has 1 aromatic carbocycles. The maximum absolute atomic E-state index is 12.4. The van der Waals surface area contributed by atoms with E-state index in [-0.39, 0.29) is 5.56 Å². The van der Waals surface area contributed by atoms with Gasteiger partial charge in [0, 0.05) is 30.0 Å². The van der Waals surface area contributed by atoms with Crippen molar-refractivity contribution >= 4 is 17.5 Å². The quantitative estimate of drug-likeness (QED) is 0.711. The van der Waals surface area contributed by atoms with Crippen molar-refractivity contribution in [2.45, 2.75) is 19.3 Å². The standard InChI is InChI=1S/C16H11ClN4O2.C5H10O/c17-11-5-3-10(4-6-11)14-8-13(15(18)22)16(23)21(20-14)12-2-1-7-19-9-12;1-2-4-6-5-3-1/h1-9H,(H2,18,22);1-5H2. The highest BCUT2D eigenvalue weighted by Crippen LogP contribution is 2.20. The van der Waals surface area contributed by atoms with E-state index in [0.717, 1.165) is 17.9 Å². The van der Waals surface area contributed by atoms with E-state index in [9.17, 15) is 9.59 Å². The van der Waals surface area contributed by atoms with E-state index in [2.05, 4.69) is 10.1 Å². The van der Waals surface area contributed by atoms with Gasteiger partial charge in [0.05, 0.1) is 17.6 Å². The molecule has 0 aliphatic carbocycles. The molecule has 2 N–H and O–H groups in total. The first kappa shape index (κ1) is 20.7. The summed E-state index contributed by atoms with van der Waals surface area (Å²) < 4.78 is 6.18. The lowest BCUT2D eigenvalue weighted by atomic mass is 10.1. The number of nitrogens with zero attached hydrogens (tertiary/aromatic N) is 3. The number of aromatic nitrogens is 3. The molecule has 0 spiro atoms. The van der Waals surface area contributed by atoms with Crippen LogP contribution in [0.15, 0.2) is 59.7 Å². The number of halogens is 1. The third kappa shape index (κ3) is 5.49. The number of amides is 1. The van der Waals surface area contributed by atoms with Crippen LogP contribution in [-0.2, 0) is 4.74 Å². The van der Waals surface area contributed by atoms with Crippen molar-refractivity contribution in [3.05, 3.63) is 75.8 Å². The van der Waals surface area contributed by atoms with Gasteiger partial charge in [-0.3, -0.25) is 14.6 Å². The van der Waals surface area contributed by atoms with E-state index in [0.29, 0.717) is 22.0 Å². The fourth-order valence-electron chi connectivity index (χ4n) is 2.77. The van der Waals surface area contributed by atoms with Crippen molar-refractivity contribution in [3.63, 3.8) is 0 Å². The van der Waals surface area contributed by atoms with Gasteiger partial charge in [0.25, 0.3) is 11.5 Å². The first-order valence-electron chi connectivity index (χ1n) is 9.24. The SMILES string of the molecule is C1CCOCC1.NC(=O)c1cc(-c2ccc(Cl)cc2)nn(-c2cccnc2)c1=O. The summed E-state index contributed by atoms with van der Waals surface area (Å²) in [4.78, 5) is 27.9. The number of hydrogen-bond acceptors (Lipinski definition) is 5. The molecular weight excluding hydrogens is 392 g/mol. The van der Waals surface area contributed by atoms with Crippen LogP contribution in [0.5, 0.6) is 0 Å². The van der Waals surface area contributed by atoms with Crippen LogP contribution in [0.25, 0.3) is 16.9 Å². The van der Waals surface area contributed by atoms with Crippen LogP contribution >= 0.6 is 11.6 Å². The number of rotatable bonds is 3. The van der Waals surface area contributed by atoms with Crippen molar-refractivity contribution in [2.75, 3.05) is 13.2 Å². The molecule has 3 heterocycles. The number of pyridine rings is 1. The number of primary amides is 1. The van der Waals surface area contributed by atoms with Crippen molar-refractivity contribution in [1.82, 2.24) is 14.8 Å². The Labute approximate surface area is 173 Å². The molecule has 3 aromatic rings. The molecule has 1 fully saturated rings. The zero-order valence-corrected chi connectivity index (χ0v) is 16.5. The summed E-state index contributed by atoms with van der Waals surface area (Å²) in [6.45, 7) is 2.00. The highest BCUT2D eigenvalue weighted by Gasteiger charge is 2.15. The van der Waals surface area contributed by atoms with E-state index in [1.54, 1.807) is 42.6 Å². The van der Waals surface area contributed by atoms with E-state index < -0.39 is 11.5 Å². The Kier molecular flexibility index (Phi) is 7.10. The van der Waals surface area contributed by atoms with Crippen molar-refractivity contribution < 1.29 is 9.53 Å². The predicted octanol–water partition coefficient (Wildman–Crippen LogP) is 3.23. The fourth-order valence-corrected chi connectivity index (χ4v) is 2.90. The Hall–Kier alpha value is -3.03. The molecule has 4 rings (SSSR count). The molecule has 7 nitrogen and oxygen atoms in total. The maximum Gasteiger partial charge on any atom is 0.284 e. The van der Waals surface area contributed by atoms with Gasteiger partial charge in [0.15, 0.2) is 0 Å². The summed E-state index contributed by atoms with van der Waals surface area (Å²) >= 11 is 5.88. The first-order valence-corrected chi connectivity index (χ1v) is 9.62. The molecule has 0 saturated carbocycles. The third-order valence-corrected chi connectivity index (χ3v) is 4.54. The summed E-state index contributed by atoms with van der Waals surface area (Å²) in [5, 5.41) is 4.87. The summed E-state index contributed by atoms with van der Waals surface area (Å²) in [6, 6.07) is 11.6. The van der Waals surface area contributed by atoms with E-state index in [1.807, 2.05) is 0 Å². The second kappa shape index (κ2) is 9.95. The van der Waals surface area contributed by atoms with Crippen LogP contribution < -0.4 is 11.3 Å². The Morgan fingerprint density at radius 2 is 1.83 bits per heavy atom. The minimum absolute atomic E-state index is 0.145. The van der Waals surface area contributed by atoms with Crippen LogP contribution in [0, 0.1) is 0 Å². The van der Waals surface area contributed by atoms with Crippen molar-refractivity contribution in [1.29, 1.82) is 0 Å². The summed E-state index contributed by atoms with van der Waals surface area (Å²) in [5.74, 6) is -0.815. The molecule has 150 valence electrons. The smallest absolute Gasteiger partial charge is 0.284 e. The third-order valence-electron chi connectivity index (χ3n) is 4.28. The van der Waals surface area contributed by atoms with Gasteiger partial charge < -0.3 is 10.5 Å². The van der Waals surface area contributed by atoms with Crippen LogP contribution in [0.1, 0.15) is 29.6 Å². The molecular formula is C21H21ClN4O3. The number of hydrogen-bond donors (Lipinski definition) is 1. The summed E-state index contributed by atoms with van der Waals surface area (Å²) in [5.41, 5.74) is 6.15. The second-order valence-electron chi connectivity index (χ2n) is 6.42. The van der Waals surface area contributed by atoms with Crippen LogP contribution in [0.2, 0.25) is 5.02 Å². The van der Waals surface area contributed by atoms with Gasteiger partial charge in [0.1, 0.15) is 5.56 Å². The zero-order chi connectivity index (χ0) is 20.6. The van der Waals surface area contributed by atoms with Crippen LogP contribution in [-0.4, -0.2) is 33.9 Å². The average molecular weight is 413 g/mol. The molecule has 0 atom stereocenters. The molecule has 1 saturated heterocycles. The molecule has 0 bridgehead atoms. The zero-order valence-electron chi connectivity index (χ0n) is 15.8. The monoisotopic (exact) mass is 412 g/mol.